The summed E-state index contributed by atoms with van der Waals surface area (Å²) < 4.78 is 31.4. The molecular weight excluding hydrogens is 360 g/mol. The van der Waals surface area contributed by atoms with Crippen LogP contribution in [0.1, 0.15) is 30.6 Å². The number of aliphatic carboxylic acids is 1. The van der Waals surface area contributed by atoms with Gasteiger partial charge in [-0.1, -0.05) is 0 Å². The van der Waals surface area contributed by atoms with Crippen LogP contribution >= 0.6 is 0 Å². The summed E-state index contributed by atoms with van der Waals surface area (Å²) in [5, 5.41) is 9.32. The van der Waals surface area contributed by atoms with Gasteiger partial charge in [0.1, 0.15) is 6.04 Å². The van der Waals surface area contributed by atoms with Crippen LogP contribution in [0.25, 0.3) is 0 Å². The van der Waals surface area contributed by atoms with Crippen LogP contribution in [0.15, 0.2) is 29.2 Å². The summed E-state index contributed by atoms with van der Waals surface area (Å²) in [6.07, 6.45) is -0.108. The molecule has 0 aliphatic carbocycles. The van der Waals surface area contributed by atoms with Crippen molar-refractivity contribution in [3.63, 3.8) is 0 Å². The summed E-state index contributed by atoms with van der Waals surface area (Å²) in [7, 11) is -0.676. The van der Waals surface area contributed by atoms with Gasteiger partial charge in [0.25, 0.3) is 5.91 Å². The van der Waals surface area contributed by atoms with Crippen molar-refractivity contribution in [3.05, 3.63) is 29.8 Å². The highest BCUT2D eigenvalue weighted by molar-refractivity contribution is 7.89. The Bertz CT molecular complexity index is 775. The molecule has 1 N–H and O–H groups in total. The van der Waals surface area contributed by atoms with Gasteiger partial charge < -0.3 is 14.7 Å². The Morgan fingerprint density at radius 2 is 1.85 bits per heavy atom. The number of ether oxygens (including phenoxy) is 1. The maximum absolute atomic E-state index is 12.7. The number of methoxy groups -OCH3 is 1. The SMILES string of the molecule is COC1CC(C(=O)O)N(C(=O)c2ccc(S(=O)(=O)N(C)C(C)C)cc2)C1. The van der Waals surface area contributed by atoms with E-state index in [9.17, 15) is 23.1 Å². The van der Waals surface area contributed by atoms with Gasteiger partial charge >= 0.3 is 5.97 Å². The van der Waals surface area contributed by atoms with Crippen LogP contribution in [-0.4, -0.2) is 73.5 Å². The second-order valence-electron chi connectivity index (χ2n) is 6.54. The first-order chi connectivity index (χ1) is 12.1. The van der Waals surface area contributed by atoms with E-state index in [2.05, 4.69) is 0 Å². The third kappa shape index (κ3) is 3.89. The van der Waals surface area contributed by atoms with E-state index in [1.165, 1.54) is 47.6 Å². The Labute approximate surface area is 153 Å². The number of likely N-dealkylation sites (tertiary alicyclic amines) is 1. The fraction of sp³-hybridized carbons (Fsp3) is 0.529. The van der Waals surface area contributed by atoms with Gasteiger partial charge in [-0.15, -0.1) is 0 Å². The third-order valence-electron chi connectivity index (χ3n) is 4.65. The molecule has 2 atom stereocenters. The Morgan fingerprint density at radius 3 is 2.31 bits per heavy atom. The second-order valence-corrected chi connectivity index (χ2v) is 8.54. The van der Waals surface area contributed by atoms with E-state index >= 15 is 0 Å². The molecule has 144 valence electrons. The molecule has 2 unspecified atom stereocenters. The van der Waals surface area contributed by atoms with Crippen LogP contribution < -0.4 is 0 Å². The fourth-order valence-electron chi connectivity index (χ4n) is 2.81. The number of amides is 1. The smallest absolute Gasteiger partial charge is 0.326 e. The molecule has 1 fully saturated rings. The Kier molecular flexibility index (Phi) is 6.05. The largest absolute Gasteiger partial charge is 0.480 e. The molecule has 1 aromatic carbocycles. The van der Waals surface area contributed by atoms with E-state index in [1.807, 2.05) is 0 Å². The number of sulfonamides is 1. The molecule has 1 aromatic rings. The van der Waals surface area contributed by atoms with Gasteiger partial charge in [-0.25, -0.2) is 13.2 Å². The van der Waals surface area contributed by atoms with Crippen molar-refractivity contribution in [2.75, 3.05) is 20.7 Å². The van der Waals surface area contributed by atoms with Gasteiger partial charge in [0, 0.05) is 38.7 Å². The van der Waals surface area contributed by atoms with Crippen LogP contribution in [-0.2, 0) is 19.6 Å². The normalized spacial score (nSPS) is 20.8. The number of carboxylic acids is 1. The van der Waals surface area contributed by atoms with E-state index in [1.54, 1.807) is 13.8 Å². The van der Waals surface area contributed by atoms with Crippen molar-refractivity contribution in [2.45, 2.75) is 43.4 Å². The predicted octanol–water partition coefficient (Wildman–Crippen LogP) is 1.03. The molecule has 1 amide bonds. The Hall–Kier alpha value is -1.97. The summed E-state index contributed by atoms with van der Waals surface area (Å²) in [4.78, 5) is 25.4. The third-order valence-corrected chi connectivity index (χ3v) is 6.70. The van der Waals surface area contributed by atoms with Crippen molar-refractivity contribution >= 4 is 21.9 Å². The van der Waals surface area contributed by atoms with E-state index in [0.717, 1.165) is 0 Å². The molecule has 1 aliphatic heterocycles. The maximum Gasteiger partial charge on any atom is 0.326 e. The van der Waals surface area contributed by atoms with Crippen LogP contribution in [0, 0.1) is 0 Å². The number of rotatable bonds is 6. The van der Waals surface area contributed by atoms with Crippen molar-refractivity contribution < 1.29 is 27.9 Å². The van der Waals surface area contributed by atoms with Crippen LogP contribution in [0.3, 0.4) is 0 Å². The number of nitrogens with zero attached hydrogens (tertiary/aromatic N) is 2. The summed E-state index contributed by atoms with van der Waals surface area (Å²) >= 11 is 0. The minimum absolute atomic E-state index is 0.0798. The number of carbonyl (C=O) groups is 2. The predicted molar refractivity (Wildman–Crippen MR) is 94.4 cm³/mol. The molecule has 0 bridgehead atoms. The Balaban J connectivity index is 2.25. The standard InChI is InChI=1S/C17H24N2O6S/c1-11(2)18(3)26(23,24)14-7-5-12(6-8-14)16(20)19-10-13(25-4)9-15(19)17(21)22/h5-8,11,13,15H,9-10H2,1-4H3,(H,21,22). The van der Waals surface area contributed by atoms with Gasteiger partial charge in [0.15, 0.2) is 0 Å². The molecule has 0 radical (unpaired) electrons. The molecule has 0 saturated carbocycles. The van der Waals surface area contributed by atoms with Crippen molar-refractivity contribution in [1.29, 1.82) is 0 Å². The van der Waals surface area contributed by atoms with Gasteiger partial charge in [0.05, 0.1) is 11.0 Å². The lowest BCUT2D eigenvalue weighted by Crippen LogP contribution is -2.40. The van der Waals surface area contributed by atoms with E-state index in [4.69, 9.17) is 4.74 Å². The Morgan fingerprint density at radius 1 is 1.27 bits per heavy atom. The number of hydrogen-bond donors (Lipinski definition) is 1. The first-order valence-corrected chi connectivity index (χ1v) is 9.68. The van der Waals surface area contributed by atoms with Crippen LogP contribution in [0.5, 0.6) is 0 Å². The molecule has 2 rings (SSSR count). The number of carbonyl (C=O) groups excluding carboxylic acids is 1. The molecule has 9 heteroatoms. The zero-order valence-electron chi connectivity index (χ0n) is 15.2. The van der Waals surface area contributed by atoms with Crippen LogP contribution in [0.2, 0.25) is 0 Å². The van der Waals surface area contributed by atoms with Gasteiger partial charge in [0.2, 0.25) is 10.0 Å². The highest BCUT2D eigenvalue weighted by Gasteiger charge is 2.40. The minimum atomic E-state index is -3.64. The summed E-state index contributed by atoms with van der Waals surface area (Å²) in [5.74, 6) is -1.55. The number of carboxylic acid groups (broad SMARTS) is 1. The average molecular weight is 384 g/mol. The van der Waals surface area contributed by atoms with Crippen molar-refractivity contribution in [1.82, 2.24) is 9.21 Å². The molecule has 0 spiro atoms. The first kappa shape index (κ1) is 20.3. The van der Waals surface area contributed by atoms with E-state index < -0.39 is 27.9 Å². The van der Waals surface area contributed by atoms with Gasteiger partial charge in [-0.2, -0.15) is 4.31 Å². The number of hydrogen-bond acceptors (Lipinski definition) is 5. The van der Waals surface area contributed by atoms with E-state index in [0.29, 0.717) is 0 Å². The summed E-state index contributed by atoms with van der Waals surface area (Å²) in [6.45, 7) is 3.71. The lowest BCUT2D eigenvalue weighted by molar-refractivity contribution is -0.141. The van der Waals surface area contributed by atoms with Gasteiger partial charge in [-0.05, 0) is 38.1 Å². The molecule has 26 heavy (non-hydrogen) atoms. The monoisotopic (exact) mass is 384 g/mol. The molecule has 1 aliphatic rings. The lowest BCUT2D eigenvalue weighted by atomic mass is 10.1. The number of benzene rings is 1. The highest BCUT2D eigenvalue weighted by Crippen LogP contribution is 2.24. The van der Waals surface area contributed by atoms with Crippen LogP contribution in [0.4, 0.5) is 0 Å². The summed E-state index contributed by atoms with van der Waals surface area (Å²) in [5.41, 5.74) is 0.235. The first-order valence-electron chi connectivity index (χ1n) is 8.24. The molecule has 1 saturated heterocycles. The maximum atomic E-state index is 12.7. The zero-order valence-corrected chi connectivity index (χ0v) is 16.1. The van der Waals surface area contributed by atoms with Crippen molar-refractivity contribution in [3.8, 4) is 0 Å². The minimum Gasteiger partial charge on any atom is -0.480 e. The van der Waals surface area contributed by atoms with Crippen molar-refractivity contribution in [2.24, 2.45) is 0 Å². The topological polar surface area (TPSA) is 104 Å². The summed E-state index contributed by atoms with van der Waals surface area (Å²) in [6, 6.07) is 4.38. The lowest BCUT2D eigenvalue weighted by Gasteiger charge is -2.22. The molecule has 8 nitrogen and oxygen atoms in total. The fourth-order valence-corrected chi connectivity index (χ4v) is 4.17. The van der Waals surface area contributed by atoms with E-state index in [-0.39, 0.29) is 35.6 Å². The highest BCUT2D eigenvalue weighted by atomic mass is 32.2. The molecule has 1 heterocycles. The molecule has 0 aromatic heterocycles. The zero-order chi connectivity index (χ0) is 19.6. The van der Waals surface area contributed by atoms with Gasteiger partial charge in [-0.3, -0.25) is 4.79 Å². The molecular formula is C17H24N2O6S. The second kappa shape index (κ2) is 7.73. The average Bonchev–Trinajstić information content (AvgIpc) is 3.05. The quantitative estimate of drug-likeness (QED) is 0.786.